The van der Waals surface area contributed by atoms with Gasteiger partial charge in [-0.1, -0.05) is 113 Å². The maximum atomic E-state index is 13.7. The zero-order valence-corrected chi connectivity index (χ0v) is 28.3. The molecular formula is C39H57NO6. The Morgan fingerprint density at radius 1 is 0.848 bits per heavy atom. The number of methoxy groups -OCH3 is 1. The molecule has 1 saturated heterocycles. The minimum Gasteiger partial charge on any atom is -0.497 e. The quantitative estimate of drug-likeness (QED) is 0.115. The summed E-state index contributed by atoms with van der Waals surface area (Å²) in [5.74, 6) is 0.874. The number of allylic oxidation sites excluding steroid dienone is 1. The topological polar surface area (TPSA) is 66.5 Å². The molecule has 4 atom stereocenters. The standard InChI is InChI=1S/C39H57NO6/c1-3-4-5-6-7-8-9-14-19-35(44-30-32-17-12-10-13-18-32)38(45-31-33-22-24-34(42-2)25-23-33)36-20-15-11-16-21-37(46-36)39(41)40-26-28-43-29-27-40/h10-13,15,17-18,22-25,35-38H,3-9,14,16,19-21,26-31H2,1-2H3/b15-11-/t35-,36+,37+,38+/m1/s1. The zero-order valence-electron chi connectivity index (χ0n) is 28.3. The van der Waals surface area contributed by atoms with Crippen LogP contribution < -0.4 is 4.74 Å². The second kappa shape index (κ2) is 21.2. The van der Waals surface area contributed by atoms with Crippen LogP contribution in [0.4, 0.5) is 0 Å². The van der Waals surface area contributed by atoms with Gasteiger partial charge in [-0.2, -0.15) is 0 Å². The number of carbonyl (C=O) groups excluding carboxylic acids is 1. The van der Waals surface area contributed by atoms with E-state index in [1.54, 1.807) is 7.11 Å². The van der Waals surface area contributed by atoms with Crippen molar-refractivity contribution in [2.75, 3.05) is 33.4 Å². The molecule has 46 heavy (non-hydrogen) atoms. The van der Waals surface area contributed by atoms with Gasteiger partial charge in [0, 0.05) is 13.1 Å². The molecule has 254 valence electrons. The second-order valence-corrected chi connectivity index (χ2v) is 12.6. The van der Waals surface area contributed by atoms with Crippen LogP contribution in [0.25, 0.3) is 0 Å². The number of rotatable bonds is 19. The molecule has 1 amide bonds. The highest BCUT2D eigenvalue weighted by atomic mass is 16.6. The van der Waals surface area contributed by atoms with Gasteiger partial charge >= 0.3 is 0 Å². The lowest BCUT2D eigenvalue weighted by molar-refractivity contribution is -0.178. The van der Waals surface area contributed by atoms with Crippen LogP contribution in [0.15, 0.2) is 66.7 Å². The van der Waals surface area contributed by atoms with Gasteiger partial charge in [0.05, 0.1) is 45.7 Å². The number of unbranched alkanes of at least 4 members (excludes halogenated alkanes) is 7. The van der Waals surface area contributed by atoms with Crippen molar-refractivity contribution in [3.05, 3.63) is 77.9 Å². The third kappa shape index (κ3) is 12.5. The van der Waals surface area contributed by atoms with Gasteiger partial charge in [0.15, 0.2) is 0 Å². The average Bonchev–Trinajstić information content (AvgIpc) is 3.09. The second-order valence-electron chi connectivity index (χ2n) is 12.6. The van der Waals surface area contributed by atoms with E-state index in [1.807, 2.05) is 35.2 Å². The fourth-order valence-electron chi connectivity index (χ4n) is 6.28. The van der Waals surface area contributed by atoms with Crippen LogP contribution in [-0.2, 0) is 37.0 Å². The summed E-state index contributed by atoms with van der Waals surface area (Å²) in [5.41, 5.74) is 2.19. The van der Waals surface area contributed by atoms with E-state index in [0.717, 1.165) is 36.1 Å². The summed E-state index contributed by atoms with van der Waals surface area (Å²) in [4.78, 5) is 15.6. The highest BCUT2D eigenvalue weighted by Crippen LogP contribution is 2.27. The van der Waals surface area contributed by atoms with Crippen molar-refractivity contribution in [2.24, 2.45) is 0 Å². The fourth-order valence-corrected chi connectivity index (χ4v) is 6.28. The van der Waals surface area contributed by atoms with Gasteiger partial charge < -0.3 is 28.6 Å². The molecule has 0 aliphatic carbocycles. The molecule has 0 spiro atoms. The van der Waals surface area contributed by atoms with Crippen molar-refractivity contribution in [1.82, 2.24) is 4.90 Å². The van der Waals surface area contributed by atoms with E-state index in [9.17, 15) is 4.79 Å². The number of benzene rings is 2. The Kier molecular flexibility index (Phi) is 16.7. The molecule has 0 radical (unpaired) electrons. The molecule has 2 heterocycles. The Balaban J connectivity index is 1.52. The van der Waals surface area contributed by atoms with E-state index in [2.05, 4.69) is 43.3 Å². The SMILES string of the molecule is CCCCCCCCCC[C@@H](OCc1ccccc1)[C@H](OCc1ccc(OC)cc1)[C@@H]1C/C=C\CC[C@@H](C(=O)N2CCOCC2)O1. The highest BCUT2D eigenvalue weighted by molar-refractivity contribution is 5.81. The van der Waals surface area contributed by atoms with Crippen LogP contribution in [0, 0.1) is 0 Å². The summed E-state index contributed by atoms with van der Waals surface area (Å²) in [6.07, 6.45) is 16.0. The Labute approximate surface area is 277 Å². The summed E-state index contributed by atoms with van der Waals surface area (Å²) >= 11 is 0. The molecule has 7 nitrogen and oxygen atoms in total. The lowest BCUT2D eigenvalue weighted by Crippen LogP contribution is -2.50. The molecule has 0 N–H and O–H groups in total. The molecular weight excluding hydrogens is 578 g/mol. The number of hydrogen-bond donors (Lipinski definition) is 0. The minimum absolute atomic E-state index is 0.0577. The third-order valence-electron chi connectivity index (χ3n) is 9.05. The average molecular weight is 636 g/mol. The molecule has 7 heteroatoms. The smallest absolute Gasteiger partial charge is 0.251 e. The summed E-state index contributed by atoms with van der Waals surface area (Å²) in [7, 11) is 1.68. The summed E-state index contributed by atoms with van der Waals surface area (Å²) in [6, 6.07) is 18.3. The van der Waals surface area contributed by atoms with Gasteiger partial charge in [-0.05, 0) is 48.9 Å². The molecule has 4 rings (SSSR count). The molecule has 1 fully saturated rings. The predicted molar refractivity (Wildman–Crippen MR) is 183 cm³/mol. The molecule has 2 aliphatic rings. The van der Waals surface area contributed by atoms with E-state index < -0.39 is 6.10 Å². The van der Waals surface area contributed by atoms with Gasteiger partial charge in [0.2, 0.25) is 0 Å². The maximum Gasteiger partial charge on any atom is 0.251 e. The van der Waals surface area contributed by atoms with Gasteiger partial charge in [-0.15, -0.1) is 0 Å². The first-order valence-electron chi connectivity index (χ1n) is 17.7. The molecule has 0 aromatic heterocycles. The Morgan fingerprint density at radius 3 is 2.24 bits per heavy atom. The van der Waals surface area contributed by atoms with Crippen LogP contribution in [-0.4, -0.2) is 68.6 Å². The Bertz CT molecular complexity index is 1120. The van der Waals surface area contributed by atoms with Crippen molar-refractivity contribution in [1.29, 1.82) is 0 Å². The normalized spacial score (nSPS) is 20.8. The van der Waals surface area contributed by atoms with Crippen LogP contribution >= 0.6 is 0 Å². The van der Waals surface area contributed by atoms with E-state index in [1.165, 1.54) is 44.9 Å². The van der Waals surface area contributed by atoms with E-state index in [-0.39, 0.29) is 24.2 Å². The predicted octanol–water partition coefficient (Wildman–Crippen LogP) is 8.05. The van der Waals surface area contributed by atoms with E-state index >= 15 is 0 Å². The molecule has 0 bridgehead atoms. The fraction of sp³-hybridized carbons (Fsp3) is 0.615. The van der Waals surface area contributed by atoms with Gasteiger partial charge in [-0.25, -0.2) is 0 Å². The van der Waals surface area contributed by atoms with Crippen molar-refractivity contribution in [2.45, 2.75) is 122 Å². The van der Waals surface area contributed by atoms with Crippen molar-refractivity contribution in [3.8, 4) is 5.75 Å². The summed E-state index contributed by atoms with van der Waals surface area (Å²) in [5, 5.41) is 0. The molecule has 2 aromatic rings. The number of carbonyl (C=O) groups is 1. The van der Waals surface area contributed by atoms with Gasteiger partial charge in [-0.3, -0.25) is 4.79 Å². The number of nitrogens with zero attached hydrogens (tertiary/aromatic N) is 1. The lowest BCUT2D eigenvalue weighted by atomic mass is 9.96. The molecule has 0 saturated carbocycles. The van der Waals surface area contributed by atoms with E-state index in [0.29, 0.717) is 52.4 Å². The minimum atomic E-state index is -0.516. The van der Waals surface area contributed by atoms with E-state index in [4.69, 9.17) is 23.7 Å². The highest BCUT2D eigenvalue weighted by Gasteiger charge is 2.36. The molecule has 2 aliphatic heterocycles. The number of ether oxygens (including phenoxy) is 5. The van der Waals surface area contributed by atoms with Gasteiger partial charge in [0.1, 0.15) is 18.0 Å². The summed E-state index contributed by atoms with van der Waals surface area (Å²) < 4.78 is 31.3. The zero-order chi connectivity index (χ0) is 32.2. The maximum absolute atomic E-state index is 13.7. The monoisotopic (exact) mass is 635 g/mol. The Morgan fingerprint density at radius 2 is 1.52 bits per heavy atom. The largest absolute Gasteiger partial charge is 0.497 e. The number of hydrogen-bond acceptors (Lipinski definition) is 6. The van der Waals surface area contributed by atoms with Crippen molar-refractivity contribution < 1.29 is 28.5 Å². The summed E-state index contributed by atoms with van der Waals surface area (Å²) in [6.45, 7) is 5.55. The lowest BCUT2D eigenvalue weighted by Gasteiger charge is -2.37. The molecule has 0 unspecified atom stereocenters. The van der Waals surface area contributed by atoms with Crippen LogP contribution in [0.3, 0.4) is 0 Å². The Hall–Kier alpha value is -2.71. The van der Waals surface area contributed by atoms with Crippen molar-refractivity contribution >= 4 is 5.91 Å². The van der Waals surface area contributed by atoms with Crippen LogP contribution in [0.1, 0.15) is 95.1 Å². The first kappa shape index (κ1) is 36.1. The number of morpholine rings is 1. The number of amides is 1. The molecule has 2 aromatic carbocycles. The van der Waals surface area contributed by atoms with Gasteiger partial charge in [0.25, 0.3) is 5.91 Å². The first-order chi connectivity index (χ1) is 22.7. The van der Waals surface area contributed by atoms with Crippen LogP contribution in [0.5, 0.6) is 5.75 Å². The van der Waals surface area contributed by atoms with Crippen LogP contribution in [0.2, 0.25) is 0 Å². The first-order valence-corrected chi connectivity index (χ1v) is 17.7. The third-order valence-corrected chi connectivity index (χ3v) is 9.05. The van der Waals surface area contributed by atoms with Crippen molar-refractivity contribution in [3.63, 3.8) is 0 Å².